The molecule has 0 saturated carbocycles. The Labute approximate surface area is 133 Å². The average molecular weight is 324 g/mol. The molecule has 4 nitrogen and oxygen atoms in total. The SMILES string of the molecule is Cc1nc(CCNCC(=O)Nc2cc(Cl)ccc2C)cs1. The third kappa shape index (κ3) is 5.12. The van der Waals surface area contributed by atoms with Crippen molar-refractivity contribution in [3.05, 3.63) is 44.9 Å². The Hall–Kier alpha value is -1.43. The first kappa shape index (κ1) is 15.9. The molecule has 2 aromatic rings. The minimum absolute atomic E-state index is 0.0742. The number of aromatic nitrogens is 1. The van der Waals surface area contributed by atoms with E-state index in [1.165, 1.54) is 0 Å². The first-order chi connectivity index (χ1) is 10.0. The molecular weight excluding hydrogens is 306 g/mol. The standard InChI is InChI=1S/C15H18ClN3OS/c1-10-3-4-12(16)7-14(10)19-15(20)8-17-6-5-13-9-21-11(2)18-13/h3-4,7,9,17H,5-6,8H2,1-2H3,(H,19,20). The third-order valence-corrected chi connectivity index (χ3v) is 4.04. The van der Waals surface area contributed by atoms with Crippen LogP contribution in [0.1, 0.15) is 16.3 Å². The summed E-state index contributed by atoms with van der Waals surface area (Å²) < 4.78 is 0. The van der Waals surface area contributed by atoms with E-state index in [0.29, 0.717) is 5.02 Å². The van der Waals surface area contributed by atoms with Crippen LogP contribution in [0.15, 0.2) is 23.6 Å². The van der Waals surface area contributed by atoms with Gasteiger partial charge in [0.15, 0.2) is 0 Å². The molecule has 6 heteroatoms. The first-order valence-electron chi connectivity index (χ1n) is 6.72. The monoisotopic (exact) mass is 323 g/mol. The quantitative estimate of drug-likeness (QED) is 0.803. The number of anilines is 1. The van der Waals surface area contributed by atoms with Crippen LogP contribution in [-0.2, 0) is 11.2 Å². The Morgan fingerprint density at radius 3 is 2.90 bits per heavy atom. The number of nitrogens with one attached hydrogen (secondary N) is 2. The van der Waals surface area contributed by atoms with E-state index in [-0.39, 0.29) is 12.5 Å². The molecule has 0 atom stereocenters. The smallest absolute Gasteiger partial charge is 0.238 e. The highest BCUT2D eigenvalue weighted by Crippen LogP contribution is 2.19. The molecule has 2 N–H and O–H groups in total. The van der Waals surface area contributed by atoms with Crippen LogP contribution < -0.4 is 10.6 Å². The Bertz CT molecular complexity index is 627. The van der Waals surface area contributed by atoms with Gasteiger partial charge < -0.3 is 10.6 Å². The summed E-state index contributed by atoms with van der Waals surface area (Å²) in [4.78, 5) is 16.2. The maximum atomic E-state index is 11.9. The molecule has 0 fully saturated rings. The van der Waals surface area contributed by atoms with Gasteiger partial charge in [-0.05, 0) is 31.5 Å². The normalized spacial score (nSPS) is 10.6. The van der Waals surface area contributed by atoms with Gasteiger partial charge in [-0.3, -0.25) is 4.79 Å². The molecule has 0 saturated heterocycles. The van der Waals surface area contributed by atoms with Crippen molar-refractivity contribution in [2.75, 3.05) is 18.4 Å². The topological polar surface area (TPSA) is 54.0 Å². The maximum Gasteiger partial charge on any atom is 0.238 e. The van der Waals surface area contributed by atoms with Crippen LogP contribution in [0.4, 0.5) is 5.69 Å². The highest BCUT2D eigenvalue weighted by molar-refractivity contribution is 7.09. The molecule has 1 aromatic carbocycles. The molecule has 0 radical (unpaired) electrons. The van der Waals surface area contributed by atoms with E-state index >= 15 is 0 Å². The van der Waals surface area contributed by atoms with Gasteiger partial charge in [-0.15, -0.1) is 11.3 Å². The van der Waals surface area contributed by atoms with Crippen molar-refractivity contribution < 1.29 is 4.79 Å². The first-order valence-corrected chi connectivity index (χ1v) is 7.98. The van der Waals surface area contributed by atoms with E-state index in [1.54, 1.807) is 23.5 Å². The fourth-order valence-corrected chi connectivity index (χ4v) is 2.68. The highest BCUT2D eigenvalue weighted by atomic mass is 35.5. The fraction of sp³-hybridized carbons (Fsp3) is 0.333. The predicted molar refractivity (Wildman–Crippen MR) is 88.2 cm³/mol. The summed E-state index contributed by atoms with van der Waals surface area (Å²) in [6.07, 6.45) is 0.827. The molecule has 0 unspecified atom stereocenters. The van der Waals surface area contributed by atoms with Gasteiger partial charge in [0, 0.05) is 29.1 Å². The van der Waals surface area contributed by atoms with E-state index < -0.39 is 0 Å². The lowest BCUT2D eigenvalue weighted by molar-refractivity contribution is -0.115. The van der Waals surface area contributed by atoms with Crippen molar-refractivity contribution in [2.45, 2.75) is 20.3 Å². The maximum absolute atomic E-state index is 11.9. The van der Waals surface area contributed by atoms with Crippen LogP contribution >= 0.6 is 22.9 Å². The van der Waals surface area contributed by atoms with Crippen molar-refractivity contribution in [3.63, 3.8) is 0 Å². The summed E-state index contributed by atoms with van der Waals surface area (Å²) in [5, 5.41) is 9.70. The zero-order valence-electron chi connectivity index (χ0n) is 12.1. The second-order valence-corrected chi connectivity index (χ2v) is 6.29. The number of benzene rings is 1. The second kappa shape index (κ2) is 7.54. The van der Waals surface area contributed by atoms with Crippen molar-refractivity contribution in [2.24, 2.45) is 0 Å². The number of hydrogen-bond acceptors (Lipinski definition) is 4. The van der Waals surface area contributed by atoms with Crippen LogP contribution in [0.2, 0.25) is 5.02 Å². The second-order valence-electron chi connectivity index (χ2n) is 4.79. The average Bonchev–Trinajstić information content (AvgIpc) is 2.85. The van der Waals surface area contributed by atoms with E-state index in [0.717, 1.165) is 34.9 Å². The number of aryl methyl sites for hydroxylation is 2. The van der Waals surface area contributed by atoms with Crippen LogP contribution in [0, 0.1) is 13.8 Å². The largest absolute Gasteiger partial charge is 0.325 e. The molecule has 21 heavy (non-hydrogen) atoms. The molecule has 0 aliphatic carbocycles. The van der Waals surface area contributed by atoms with Crippen LogP contribution in [0.5, 0.6) is 0 Å². The summed E-state index contributed by atoms with van der Waals surface area (Å²) >= 11 is 7.57. The summed E-state index contributed by atoms with van der Waals surface area (Å²) in [5.74, 6) is -0.0742. The Kier molecular flexibility index (Phi) is 5.73. The Morgan fingerprint density at radius 1 is 1.38 bits per heavy atom. The van der Waals surface area contributed by atoms with Gasteiger partial charge in [0.05, 0.1) is 17.2 Å². The molecule has 1 heterocycles. The van der Waals surface area contributed by atoms with E-state index in [4.69, 9.17) is 11.6 Å². The fourth-order valence-electron chi connectivity index (χ4n) is 1.86. The van der Waals surface area contributed by atoms with Gasteiger partial charge in [0.1, 0.15) is 0 Å². The van der Waals surface area contributed by atoms with Gasteiger partial charge in [-0.1, -0.05) is 17.7 Å². The number of amides is 1. The number of carbonyl (C=O) groups excluding carboxylic acids is 1. The lowest BCUT2D eigenvalue weighted by atomic mass is 10.2. The van der Waals surface area contributed by atoms with E-state index in [9.17, 15) is 4.79 Å². The van der Waals surface area contributed by atoms with Gasteiger partial charge >= 0.3 is 0 Å². The Balaban J connectivity index is 1.73. The molecule has 112 valence electrons. The molecule has 0 aliphatic rings. The third-order valence-electron chi connectivity index (χ3n) is 2.98. The molecule has 1 aromatic heterocycles. The number of carbonyl (C=O) groups is 1. The molecule has 0 bridgehead atoms. The van der Waals surface area contributed by atoms with Crippen LogP contribution in [0.3, 0.4) is 0 Å². The zero-order chi connectivity index (χ0) is 15.2. The van der Waals surface area contributed by atoms with Gasteiger partial charge in [-0.25, -0.2) is 4.98 Å². The highest BCUT2D eigenvalue weighted by Gasteiger charge is 2.05. The number of rotatable bonds is 6. The zero-order valence-corrected chi connectivity index (χ0v) is 13.6. The number of halogens is 1. The van der Waals surface area contributed by atoms with Crippen LogP contribution in [0.25, 0.3) is 0 Å². The number of thiazole rings is 1. The summed E-state index contributed by atoms with van der Waals surface area (Å²) in [5.41, 5.74) is 2.81. The van der Waals surface area contributed by atoms with E-state index in [1.807, 2.05) is 25.3 Å². The van der Waals surface area contributed by atoms with Gasteiger partial charge in [0.25, 0.3) is 0 Å². The molecular formula is C15H18ClN3OS. The lowest BCUT2D eigenvalue weighted by Crippen LogP contribution is -2.29. The molecule has 0 aliphatic heterocycles. The summed E-state index contributed by atoms with van der Waals surface area (Å²) in [6.45, 7) is 4.92. The van der Waals surface area contributed by atoms with Crippen molar-refractivity contribution in [1.29, 1.82) is 0 Å². The Morgan fingerprint density at radius 2 is 2.19 bits per heavy atom. The van der Waals surface area contributed by atoms with Gasteiger partial charge in [0.2, 0.25) is 5.91 Å². The van der Waals surface area contributed by atoms with Crippen molar-refractivity contribution >= 4 is 34.5 Å². The molecule has 2 rings (SSSR count). The molecule has 1 amide bonds. The van der Waals surface area contributed by atoms with Gasteiger partial charge in [-0.2, -0.15) is 0 Å². The minimum Gasteiger partial charge on any atom is -0.325 e. The summed E-state index contributed by atoms with van der Waals surface area (Å²) in [7, 11) is 0. The minimum atomic E-state index is -0.0742. The van der Waals surface area contributed by atoms with E-state index in [2.05, 4.69) is 15.6 Å². The van der Waals surface area contributed by atoms with Crippen LogP contribution in [-0.4, -0.2) is 24.0 Å². The lowest BCUT2D eigenvalue weighted by Gasteiger charge is -2.09. The van der Waals surface area contributed by atoms with Crippen molar-refractivity contribution in [1.82, 2.24) is 10.3 Å². The summed E-state index contributed by atoms with van der Waals surface area (Å²) in [6, 6.07) is 5.45. The number of hydrogen-bond donors (Lipinski definition) is 2. The number of nitrogens with zero attached hydrogens (tertiary/aromatic N) is 1. The van der Waals surface area contributed by atoms with Crippen molar-refractivity contribution in [3.8, 4) is 0 Å². The predicted octanol–water partition coefficient (Wildman–Crippen LogP) is 3.18. The molecule has 0 spiro atoms.